The Labute approximate surface area is 68.6 Å². The molecule has 0 aliphatic heterocycles. The summed E-state index contributed by atoms with van der Waals surface area (Å²) < 4.78 is 0. The molecule has 0 heterocycles. The first kappa shape index (κ1) is 10.7. The van der Waals surface area contributed by atoms with Gasteiger partial charge in [0, 0.05) is 0 Å². The maximum absolute atomic E-state index is 8.95. The van der Waals surface area contributed by atoms with E-state index in [1.165, 1.54) is 5.57 Å². The van der Waals surface area contributed by atoms with E-state index in [4.69, 9.17) is 10.2 Å². The van der Waals surface area contributed by atoms with Crippen molar-refractivity contribution in [3.63, 3.8) is 0 Å². The van der Waals surface area contributed by atoms with Gasteiger partial charge in [-0.3, -0.25) is 0 Å². The number of aliphatic hydroxyl groups excluding tert-OH is 2. The van der Waals surface area contributed by atoms with E-state index in [2.05, 4.69) is 19.9 Å². The first-order valence-electron chi connectivity index (χ1n) is 4.09. The van der Waals surface area contributed by atoms with Crippen LogP contribution in [0.4, 0.5) is 0 Å². The molecule has 0 aromatic carbocycles. The van der Waals surface area contributed by atoms with Crippen LogP contribution >= 0.6 is 0 Å². The van der Waals surface area contributed by atoms with E-state index in [1.54, 1.807) is 0 Å². The molecule has 0 spiro atoms. The van der Waals surface area contributed by atoms with Crippen LogP contribution in [-0.2, 0) is 0 Å². The fourth-order valence-electron chi connectivity index (χ4n) is 0.836. The highest BCUT2D eigenvalue weighted by molar-refractivity contribution is 4.92. The molecule has 0 aromatic heterocycles. The third kappa shape index (κ3) is 7.56. The highest BCUT2D eigenvalue weighted by atomic mass is 16.3. The number of rotatable bonds is 5. The average Bonchev–Trinajstić information content (AvgIpc) is 1.97. The molecule has 66 valence electrons. The second kappa shape index (κ2) is 6.38. The van der Waals surface area contributed by atoms with Crippen LogP contribution in [0.5, 0.6) is 0 Å². The van der Waals surface area contributed by atoms with E-state index in [-0.39, 0.29) is 6.61 Å². The minimum atomic E-state index is -0.527. The molecular formula is C9H18O2. The van der Waals surface area contributed by atoms with Gasteiger partial charge in [0.2, 0.25) is 0 Å². The minimum absolute atomic E-state index is 0.116. The number of hydrogen-bond acceptors (Lipinski definition) is 2. The SMILES string of the molecule is CC(C)=CCCC[C@@H](O)CO. The Balaban J connectivity index is 3.21. The predicted molar refractivity (Wildman–Crippen MR) is 46.4 cm³/mol. The van der Waals surface area contributed by atoms with Crippen LogP contribution in [-0.4, -0.2) is 22.9 Å². The molecule has 0 aliphatic carbocycles. The van der Waals surface area contributed by atoms with E-state index in [9.17, 15) is 0 Å². The molecule has 0 aliphatic rings. The molecule has 0 unspecified atom stereocenters. The molecule has 2 nitrogen and oxygen atoms in total. The third-order valence-electron chi connectivity index (χ3n) is 1.50. The Bertz CT molecular complexity index is 115. The zero-order valence-corrected chi connectivity index (χ0v) is 7.38. The van der Waals surface area contributed by atoms with Crippen LogP contribution in [0.25, 0.3) is 0 Å². The lowest BCUT2D eigenvalue weighted by atomic mass is 10.1. The Morgan fingerprint density at radius 3 is 2.55 bits per heavy atom. The molecule has 0 bridgehead atoms. The van der Waals surface area contributed by atoms with Crippen LogP contribution in [0.1, 0.15) is 33.1 Å². The summed E-state index contributed by atoms with van der Waals surface area (Å²) in [6, 6.07) is 0. The molecule has 0 radical (unpaired) electrons. The van der Waals surface area contributed by atoms with Crippen LogP contribution in [0, 0.1) is 0 Å². The summed E-state index contributed by atoms with van der Waals surface area (Å²) in [5.74, 6) is 0. The maximum atomic E-state index is 8.95. The number of aliphatic hydroxyl groups is 2. The van der Waals surface area contributed by atoms with E-state index >= 15 is 0 Å². The zero-order chi connectivity index (χ0) is 8.69. The van der Waals surface area contributed by atoms with Crippen molar-refractivity contribution in [1.82, 2.24) is 0 Å². The summed E-state index contributed by atoms with van der Waals surface area (Å²) in [6.07, 6.45) is 4.26. The summed E-state index contributed by atoms with van der Waals surface area (Å²) in [5, 5.41) is 17.4. The molecule has 0 amide bonds. The van der Waals surface area contributed by atoms with Gasteiger partial charge in [-0.05, 0) is 33.1 Å². The molecule has 0 rings (SSSR count). The summed E-state index contributed by atoms with van der Waals surface area (Å²) in [5.41, 5.74) is 1.31. The monoisotopic (exact) mass is 158 g/mol. The Morgan fingerprint density at radius 1 is 1.45 bits per heavy atom. The zero-order valence-electron chi connectivity index (χ0n) is 7.38. The quantitative estimate of drug-likeness (QED) is 0.470. The van der Waals surface area contributed by atoms with Crippen molar-refractivity contribution in [3.05, 3.63) is 11.6 Å². The lowest BCUT2D eigenvalue weighted by Crippen LogP contribution is -2.10. The second-order valence-corrected chi connectivity index (χ2v) is 3.05. The molecular weight excluding hydrogens is 140 g/mol. The first-order chi connectivity index (χ1) is 5.16. The second-order valence-electron chi connectivity index (χ2n) is 3.05. The number of unbranched alkanes of at least 4 members (excludes halogenated alkanes) is 1. The molecule has 0 fully saturated rings. The average molecular weight is 158 g/mol. The van der Waals surface area contributed by atoms with Gasteiger partial charge in [0.15, 0.2) is 0 Å². The maximum Gasteiger partial charge on any atom is 0.0771 e. The Kier molecular flexibility index (Phi) is 6.18. The molecule has 2 N–H and O–H groups in total. The summed E-state index contributed by atoms with van der Waals surface area (Å²) in [6.45, 7) is 4.00. The lowest BCUT2D eigenvalue weighted by Gasteiger charge is -2.04. The van der Waals surface area contributed by atoms with Gasteiger partial charge in [-0.25, -0.2) is 0 Å². The lowest BCUT2D eigenvalue weighted by molar-refractivity contribution is 0.0868. The van der Waals surface area contributed by atoms with Gasteiger partial charge < -0.3 is 10.2 Å². The molecule has 1 atom stereocenters. The molecule has 0 aromatic rings. The van der Waals surface area contributed by atoms with E-state index in [0.717, 1.165) is 12.8 Å². The van der Waals surface area contributed by atoms with E-state index in [1.807, 2.05) is 0 Å². The standard InChI is InChI=1S/C9H18O2/c1-8(2)5-3-4-6-9(11)7-10/h5,9-11H,3-4,6-7H2,1-2H3/t9-/m1/s1. The Morgan fingerprint density at radius 2 is 2.09 bits per heavy atom. The van der Waals surface area contributed by atoms with Crippen LogP contribution in [0.2, 0.25) is 0 Å². The highest BCUT2D eigenvalue weighted by Gasteiger charge is 1.98. The third-order valence-corrected chi connectivity index (χ3v) is 1.50. The summed E-state index contributed by atoms with van der Waals surface area (Å²) in [7, 11) is 0. The van der Waals surface area contributed by atoms with Crippen LogP contribution in [0.15, 0.2) is 11.6 Å². The van der Waals surface area contributed by atoms with Crippen molar-refractivity contribution in [1.29, 1.82) is 0 Å². The van der Waals surface area contributed by atoms with Gasteiger partial charge in [-0.2, -0.15) is 0 Å². The van der Waals surface area contributed by atoms with Crippen molar-refractivity contribution < 1.29 is 10.2 Å². The molecule has 11 heavy (non-hydrogen) atoms. The van der Waals surface area contributed by atoms with Crippen molar-refractivity contribution in [2.75, 3.05) is 6.61 Å². The molecule has 2 heteroatoms. The fourth-order valence-corrected chi connectivity index (χ4v) is 0.836. The largest absolute Gasteiger partial charge is 0.394 e. The topological polar surface area (TPSA) is 40.5 Å². The fraction of sp³-hybridized carbons (Fsp3) is 0.778. The van der Waals surface area contributed by atoms with Gasteiger partial charge in [0.1, 0.15) is 0 Å². The van der Waals surface area contributed by atoms with Gasteiger partial charge in [0.25, 0.3) is 0 Å². The van der Waals surface area contributed by atoms with Crippen molar-refractivity contribution in [3.8, 4) is 0 Å². The minimum Gasteiger partial charge on any atom is -0.394 e. The first-order valence-corrected chi connectivity index (χ1v) is 4.09. The molecule has 0 saturated carbocycles. The van der Waals surface area contributed by atoms with Gasteiger partial charge in [0.05, 0.1) is 12.7 Å². The van der Waals surface area contributed by atoms with Crippen molar-refractivity contribution in [2.45, 2.75) is 39.2 Å². The van der Waals surface area contributed by atoms with Crippen molar-refractivity contribution >= 4 is 0 Å². The number of allylic oxidation sites excluding steroid dienone is 2. The van der Waals surface area contributed by atoms with Gasteiger partial charge >= 0.3 is 0 Å². The van der Waals surface area contributed by atoms with Crippen molar-refractivity contribution in [2.24, 2.45) is 0 Å². The van der Waals surface area contributed by atoms with Gasteiger partial charge in [-0.15, -0.1) is 0 Å². The van der Waals surface area contributed by atoms with Gasteiger partial charge in [-0.1, -0.05) is 11.6 Å². The normalized spacial score (nSPS) is 12.7. The summed E-state index contributed by atoms with van der Waals surface area (Å²) in [4.78, 5) is 0. The van der Waals surface area contributed by atoms with E-state index < -0.39 is 6.10 Å². The smallest absolute Gasteiger partial charge is 0.0771 e. The van der Waals surface area contributed by atoms with Crippen LogP contribution < -0.4 is 0 Å². The summed E-state index contributed by atoms with van der Waals surface area (Å²) >= 11 is 0. The van der Waals surface area contributed by atoms with Crippen LogP contribution in [0.3, 0.4) is 0 Å². The highest BCUT2D eigenvalue weighted by Crippen LogP contribution is 2.03. The Hall–Kier alpha value is -0.340. The molecule has 0 saturated heterocycles. The number of hydrogen-bond donors (Lipinski definition) is 2. The predicted octanol–water partition coefficient (Wildman–Crippen LogP) is 1.48. The van der Waals surface area contributed by atoms with E-state index in [0.29, 0.717) is 6.42 Å².